The molecule has 0 radical (unpaired) electrons. The maximum absolute atomic E-state index is 7.30. The van der Waals surface area contributed by atoms with E-state index in [-0.39, 0.29) is 0 Å². The average Bonchev–Trinajstić information content (AvgIpc) is 3.36. The van der Waals surface area contributed by atoms with Crippen LogP contribution < -0.4 is 9.47 Å². The first-order valence-electron chi connectivity index (χ1n) is 27.5. The second kappa shape index (κ2) is 23.0. The van der Waals surface area contributed by atoms with E-state index in [1.165, 1.54) is 234 Å². The third-order valence-electron chi connectivity index (χ3n) is 15.8. The van der Waals surface area contributed by atoms with Crippen molar-refractivity contribution in [2.45, 2.75) is 175 Å². The molecule has 67 heavy (non-hydrogen) atoms. The van der Waals surface area contributed by atoms with Gasteiger partial charge in [0.15, 0.2) is 0 Å². The minimum Gasteiger partial charge on any atom is -0.493 e. The Morgan fingerprint density at radius 2 is 0.776 bits per heavy atom. The Balaban J connectivity index is 1.10. The lowest BCUT2D eigenvalue weighted by atomic mass is 9.83. The van der Waals surface area contributed by atoms with Crippen LogP contribution in [0.5, 0.6) is 11.5 Å². The molecule has 0 saturated heterocycles. The monoisotopic (exact) mass is 893 g/mol. The second-order valence-corrected chi connectivity index (χ2v) is 20.9. The number of unbranched alkanes of at least 4 members (excludes halogenated alkanes) is 17. The van der Waals surface area contributed by atoms with E-state index in [2.05, 4.69) is 125 Å². The van der Waals surface area contributed by atoms with E-state index in [1.807, 2.05) is 0 Å². The summed E-state index contributed by atoms with van der Waals surface area (Å²) in [6, 6.07) is 37.2. The van der Waals surface area contributed by atoms with Crippen molar-refractivity contribution >= 4 is 86.2 Å². The molecule has 0 amide bonds. The smallest absolute Gasteiger partial charge is 0.135 e. The summed E-state index contributed by atoms with van der Waals surface area (Å²) in [5.41, 5.74) is 0. The lowest BCUT2D eigenvalue weighted by Crippen LogP contribution is -2.13. The minimum absolute atomic E-state index is 0.499. The van der Waals surface area contributed by atoms with E-state index < -0.39 is 0 Å². The molecule has 0 aliphatic rings. The van der Waals surface area contributed by atoms with Crippen LogP contribution in [0.4, 0.5) is 0 Å². The van der Waals surface area contributed by atoms with Crippen molar-refractivity contribution in [3.05, 3.63) is 97.1 Å². The Kier molecular flexibility index (Phi) is 16.2. The number of ether oxygens (including phenoxy) is 2. The Morgan fingerprint density at radius 1 is 0.343 bits per heavy atom. The predicted octanol–water partition coefficient (Wildman–Crippen LogP) is 20.8. The lowest BCUT2D eigenvalue weighted by Gasteiger charge is -2.24. The molecule has 9 aromatic rings. The van der Waals surface area contributed by atoms with Gasteiger partial charge in [-0.25, -0.2) is 0 Å². The van der Waals surface area contributed by atoms with E-state index in [1.54, 1.807) is 0 Å². The highest BCUT2D eigenvalue weighted by Gasteiger charge is 2.24. The summed E-state index contributed by atoms with van der Waals surface area (Å²) in [5.74, 6) is 3.16. The first-order chi connectivity index (χ1) is 33.1. The molecule has 2 nitrogen and oxygen atoms in total. The molecule has 0 bridgehead atoms. The summed E-state index contributed by atoms with van der Waals surface area (Å²) in [6.07, 6.45) is 30.7. The number of rotatable bonds is 29. The van der Waals surface area contributed by atoms with Crippen LogP contribution in [-0.2, 0) is 0 Å². The van der Waals surface area contributed by atoms with E-state index in [4.69, 9.17) is 9.47 Å². The molecule has 0 aliphatic carbocycles. The quantitative estimate of drug-likeness (QED) is 0.0265. The molecular weight excluding hydrogens is 813 g/mol. The molecule has 0 saturated carbocycles. The molecular formula is C65H80O2. The van der Waals surface area contributed by atoms with Gasteiger partial charge in [0.1, 0.15) is 11.5 Å². The Hall–Kier alpha value is -4.82. The topological polar surface area (TPSA) is 18.5 Å². The Labute approximate surface area is 402 Å². The first kappa shape index (κ1) is 47.3. The fourth-order valence-electron chi connectivity index (χ4n) is 12.0. The minimum atomic E-state index is 0.499. The van der Waals surface area contributed by atoms with Gasteiger partial charge in [0, 0.05) is 26.9 Å². The Morgan fingerprint density at radius 3 is 1.39 bits per heavy atom. The standard InChI is InChI=1S/C65H80O2/c1-5-8-11-14-17-18-21-24-31-47(30-23-20-16-13-10-7-3)45-67-65-56-35-28-27-34-50(56)52-37-39-53-54-38-36-51-49-33-26-25-32-48(49)42-59-60(66-44-46(4)29-22-19-15-12-9-6-2)43-58(63(54)64(51)59)55-40-41-57(65)62(52)61(53)55/h25-28,32-43,46-47H,5-24,29-31,44-45H2,1-4H3. The maximum Gasteiger partial charge on any atom is 0.135 e. The summed E-state index contributed by atoms with van der Waals surface area (Å²) in [6.45, 7) is 10.8. The zero-order valence-electron chi connectivity index (χ0n) is 41.9. The van der Waals surface area contributed by atoms with Gasteiger partial charge >= 0.3 is 0 Å². The van der Waals surface area contributed by atoms with Crippen LogP contribution in [0.1, 0.15) is 175 Å². The zero-order valence-corrected chi connectivity index (χ0v) is 41.9. The fourth-order valence-corrected chi connectivity index (χ4v) is 12.0. The Bertz CT molecular complexity index is 2970. The fraction of sp³-hybridized carbons (Fsp3) is 0.477. The van der Waals surface area contributed by atoms with Gasteiger partial charge in [0.25, 0.3) is 0 Å². The summed E-state index contributed by atoms with van der Waals surface area (Å²) < 4.78 is 14.3. The third kappa shape index (κ3) is 10.3. The molecule has 0 N–H and O–H groups in total. The molecule has 0 spiro atoms. The van der Waals surface area contributed by atoms with Gasteiger partial charge in [-0.05, 0) is 109 Å². The summed E-state index contributed by atoms with van der Waals surface area (Å²) in [4.78, 5) is 0. The van der Waals surface area contributed by atoms with E-state index >= 15 is 0 Å². The van der Waals surface area contributed by atoms with Crippen LogP contribution >= 0.6 is 0 Å². The highest BCUT2D eigenvalue weighted by molar-refractivity contribution is 6.43. The van der Waals surface area contributed by atoms with Gasteiger partial charge in [0.2, 0.25) is 0 Å². The number of benzene rings is 9. The molecule has 0 aliphatic heterocycles. The number of fused-ring (bicyclic) bond motifs is 6. The largest absolute Gasteiger partial charge is 0.493 e. The van der Waals surface area contributed by atoms with Crippen LogP contribution in [-0.4, -0.2) is 13.2 Å². The van der Waals surface area contributed by atoms with Gasteiger partial charge in [-0.2, -0.15) is 0 Å². The highest BCUT2D eigenvalue weighted by Crippen LogP contribution is 2.51. The average molecular weight is 893 g/mol. The molecule has 9 aromatic carbocycles. The van der Waals surface area contributed by atoms with Gasteiger partial charge in [-0.15, -0.1) is 0 Å². The summed E-state index contributed by atoms with van der Waals surface area (Å²) in [7, 11) is 0. The third-order valence-corrected chi connectivity index (χ3v) is 15.8. The maximum atomic E-state index is 7.30. The van der Waals surface area contributed by atoms with Crippen molar-refractivity contribution in [2.24, 2.45) is 11.8 Å². The van der Waals surface area contributed by atoms with Crippen LogP contribution in [0.15, 0.2) is 97.1 Å². The van der Waals surface area contributed by atoms with Crippen molar-refractivity contribution in [1.82, 2.24) is 0 Å². The van der Waals surface area contributed by atoms with Crippen LogP contribution in [0, 0.1) is 11.8 Å². The van der Waals surface area contributed by atoms with E-state index in [9.17, 15) is 0 Å². The summed E-state index contributed by atoms with van der Waals surface area (Å²) >= 11 is 0. The number of hydrogen-bond donors (Lipinski definition) is 0. The lowest BCUT2D eigenvalue weighted by molar-refractivity contribution is 0.228. The van der Waals surface area contributed by atoms with Gasteiger partial charge < -0.3 is 9.47 Å². The first-order valence-corrected chi connectivity index (χ1v) is 27.5. The van der Waals surface area contributed by atoms with Crippen molar-refractivity contribution in [3.8, 4) is 11.5 Å². The molecule has 0 heterocycles. The van der Waals surface area contributed by atoms with Crippen LogP contribution in [0.3, 0.4) is 0 Å². The van der Waals surface area contributed by atoms with Gasteiger partial charge in [-0.3, -0.25) is 0 Å². The molecule has 352 valence electrons. The van der Waals surface area contributed by atoms with Gasteiger partial charge in [-0.1, -0.05) is 235 Å². The van der Waals surface area contributed by atoms with E-state index in [0.29, 0.717) is 11.8 Å². The highest BCUT2D eigenvalue weighted by atomic mass is 16.5. The van der Waals surface area contributed by atoms with Crippen molar-refractivity contribution in [2.75, 3.05) is 13.2 Å². The van der Waals surface area contributed by atoms with Crippen molar-refractivity contribution in [1.29, 1.82) is 0 Å². The molecule has 2 atom stereocenters. The SMILES string of the molecule is CCCCCCCCCCC(CCCCCCCC)COc1c2ccccc2c2ccc3c4ccc5c6ccccc6cc6c(OCC(C)CCCCCCCC)cc(c7ccc1c2c37)c4c65. The zero-order chi connectivity index (χ0) is 46.0. The van der Waals surface area contributed by atoms with Crippen LogP contribution in [0.25, 0.3) is 86.2 Å². The second-order valence-electron chi connectivity index (χ2n) is 20.9. The number of hydrogen-bond acceptors (Lipinski definition) is 2. The molecule has 9 rings (SSSR count). The van der Waals surface area contributed by atoms with Crippen molar-refractivity contribution in [3.63, 3.8) is 0 Å². The summed E-state index contributed by atoms with van der Waals surface area (Å²) in [5, 5.41) is 20.9. The van der Waals surface area contributed by atoms with Gasteiger partial charge in [0.05, 0.1) is 13.2 Å². The van der Waals surface area contributed by atoms with E-state index in [0.717, 1.165) is 24.7 Å². The van der Waals surface area contributed by atoms with Crippen LogP contribution in [0.2, 0.25) is 0 Å². The molecule has 0 fully saturated rings. The normalized spacial score (nSPS) is 13.3. The molecule has 2 heteroatoms. The van der Waals surface area contributed by atoms with Crippen molar-refractivity contribution < 1.29 is 9.47 Å². The molecule has 2 unspecified atom stereocenters. The predicted molar refractivity (Wildman–Crippen MR) is 296 cm³/mol. The molecule has 0 aromatic heterocycles.